The number of rotatable bonds is 4. The fraction of sp³-hybridized carbons (Fsp3) is 0.407. The SMILES string of the molecule is Cc1ccccc1N1C[C@H](C(=O)Oc2ccc(N3C(=O)[C@@H]4C[C@@H](Br)[C@@H](Br)C[C@H]4C3=O)c(C)c2)CC1=O. The Hall–Kier alpha value is -2.52. The van der Waals surface area contributed by atoms with E-state index >= 15 is 0 Å². The van der Waals surface area contributed by atoms with Gasteiger partial charge in [0.05, 0.1) is 23.4 Å². The lowest BCUT2D eigenvalue weighted by atomic mass is 9.81. The minimum absolute atomic E-state index is 0.0902. The Labute approximate surface area is 226 Å². The molecule has 0 N–H and O–H groups in total. The predicted molar refractivity (Wildman–Crippen MR) is 143 cm³/mol. The van der Waals surface area contributed by atoms with Gasteiger partial charge < -0.3 is 9.64 Å². The Bertz CT molecular complexity index is 1240. The highest BCUT2D eigenvalue weighted by Crippen LogP contribution is 2.45. The van der Waals surface area contributed by atoms with Gasteiger partial charge in [-0.3, -0.25) is 19.2 Å². The Morgan fingerprint density at radius 1 is 0.889 bits per heavy atom. The summed E-state index contributed by atoms with van der Waals surface area (Å²) in [4.78, 5) is 55.0. The van der Waals surface area contributed by atoms with Crippen molar-refractivity contribution in [1.29, 1.82) is 0 Å². The van der Waals surface area contributed by atoms with Crippen molar-refractivity contribution in [1.82, 2.24) is 0 Å². The number of para-hydroxylation sites is 1. The third-order valence-electron chi connectivity index (χ3n) is 7.40. The third kappa shape index (κ3) is 4.41. The maximum Gasteiger partial charge on any atom is 0.316 e. The monoisotopic (exact) mass is 616 g/mol. The van der Waals surface area contributed by atoms with E-state index in [1.165, 1.54) is 4.90 Å². The van der Waals surface area contributed by atoms with E-state index in [1.54, 1.807) is 30.0 Å². The van der Waals surface area contributed by atoms with E-state index in [0.717, 1.165) is 11.3 Å². The van der Waals surface area contributed by atoms with Gasteiger partial charge >= 0.3 is 5.97 Å². The summed E-state index contributed by atoms with van der Waals surface area (Å²) in [5.74, 6) is -1.85. The zero-order valence-corrected chi connectivity index (χ0v) is 23.1. The summed E-state index contributed by atoms with van der Waals surface area (Å²) in [6.45, 7) is 3.98. The van der Waals surface area contributed by atoms with Crippen LogP contribution in [0.3, 0.4) is 0 Å². The molecule has 3 aliphatic rings. The van der Waals surface area contributed by atoms with Crippen molar-refractivity contribution in [3.8, 4) is 5.75 Å². The average Bonchev–Trinajstić information content (AvgIpc) is 3.33. The lowest BCUT2D eigenvalue weighted by molar-refractivity contribution is -0.139. The number of fused-ring (bicyclic) bond motifs is 1. The van der Waals surface area contributed by atoms with Gasteiger partial charge in [0.2, 0.25) is 17.7 Å². The van der Waals surface area contributed by atoms with E-state index in [9.17, 15) is 19.2 Å². The Balaban J connectivity index is 1.29. The zero-order valence-electron chi connectivity index (χ0n) is 19.9. The van der Waals surface area contributed by atoms with Gasteiger partial charge in [-0.2, -0.15) is 0 Å². The number of carbonyl (C=O) groups is 4. The first-order valence-electron chi connectivity index (χ1n) is 12.0. The molecule has 2 heterocycles. The molecule has 1 aliphatic carbocycles. The van der Waals surface area contributed by atoms with Gasteiger partial charge in [-0.1, -0.05) is 50.1 Å². The highest BCUT2D eigenvalue weighted by molar-refractivity contribution is 9.12. The van der Waals surface area contributed by atoms with Crippen molar-refractivity contribution in [3.63, 3.8) is 0 Å². The van der Waals surface area contributed by atoms with E-state index in [-0.39, 0.29) is 52.2 Å². The van der Waals surface area contributed by atoms with Crippen molar-refractivity contribution < 1.29 is 23.9 Å². The largest absolute Gasteiger partial charge is 0.426 e. The number of carbonyl (C=O) groups excluding carboxylic acids is 4. The first-order valence-corrected chi connectivity index (χ1v) is 13.8. The molecule has 1 saturated carbocycles. The second-order valence-electron chi connectivity index (χ2n) is 9.79. The molecule has 5 rings (SSSR count). The second kappa shape index (κ2) is 9.74. The summed E-state index contributed by atoms with van der Waals surface area (Å²) >= 11 is 7.22. The highest BCUT2D eigenvalue weighted by Gasteiger charge is 2.52. The van der Waals surface area contributed by atoms with Crippen molar-refractivity contribution in [3.05, 3.63) is 53.6 Å². The van der Waals surface area contributed by atoms with Crippen LogP contribution in [0.15, 0.2) is 42.5 Å². The van der Waals surface area contributed by atoms with Crippen LogP contribution >= 0.6 is 31.9 Å². The molecular weight excluding hydrogens is 592 g/mol. The van der Waals surface area contributed by atoms with Crippen LogP contribution in [0.4, 0.5) is 11.4 Å². The van der Waals surface area contributed by atoms with E-state index in [4.69, 9.17) is 4.74 Å². The van der Waals surface area contributed by atoms with Crippen LogP contribution in [-0.4, -0.2) is 39.9 Å². The maximum atomic E-state index is 13.1. The molecule has 188 valence electrons. The molecule has 0 spiro atoms. The molecule has 0 bridgehead atoms. The lowest BCUT2D eigenvalue weighted by Crippen LogP contribution is -2.34. The molecule has 3 amide bonds. The molecule has 9 heteroatoms. The molecule has 2 saturated heterocycles. The molecule has 0 radical (unpaired) electrons. The maximum absolute atomic E-state index is 13.1. The quantitative estimate of drug-likeness (QED) is 0.215. The number of benzene rings is 2. The summed E-state index contributed by atoms with van der Waals surface area (Å²) in [6, 6.07) is 12.5. The summed E-state index contributed by atoms with van der Waals surface area (Å²) in [7, 11) is 0. The molecule has 0 aromatic heterocycles. The Morgan fingerprint density at radius 3 is 2.14 bits per heavy atom. The second-order valence-corrected chi connectivity index (χ2v) is 12.1. The van der Waals surface area contributed by atoms with E-state index in [1.807, 2.05) is 31.2 Å². The Kier molecular flexibility index (Phi) is 6.80. The molecule has 3 fully saturated rings. The van der Waals surface area contributed by atoms with Crippen LogP contribution in [0.2, 0.25) is 0 Å². The van der Waals surface area contributed by atoms with Gasteiger partial charge in [-0.25, -0.2) is 4.90 Å². The third-order valence-corrected chi connectivity index (χ3v) is 10.1. The van der Waals surface area contributed by atoms with Gasteiger partial charge in [0.25, 0.3) is 0 Å². The normalized spacial score (nSPS) is 28.0. The number of hydrogen-bond acceptors (Lipinski definition) is 5. The van der Waals surface area contributed by atoms with Gasteiger partial charge in [-0.05, 0) is 62.1 Å². The first kappa shape index (κ1) is 25.1. The highest BCUT2D eigenvalue weighted by atomic mass is 79.9. The number of amides is 3. The molecule has 2 aliphatic heterocycles. The number of hydrogen-bond donors (Lipinski definition) is 0. The summed E-state index contributed by atoms with van der Waals surface area (Å²) in [5, 5.41) is 0. The van der Waals surface area contributed by atoms with Crippen molar-refractivity contribution >= 4 is 66.9 Å². The molecule has 7 nitrogen and oxygen atoms in total. The number of esters is 1. The van der Waals surface area contributed by atoms with Gasteiger partial charge in [0.1, 0.15) is 5.75 Å². The minimum Gasteiger partial charge on any atom is -0.426 e. The number of anilines is 2. The zero-order chi connectivity index (χ0) is 25.7. The van der Waals surface area contributed by atoms with Crippen molar-refractivity contribution in [2.75, 3.05) is 16.3 Å². The fourth-order valence-electron chi connectivity index (χ4n) is 5.44. The van der Waals surface area contributed by atoms with Gasteiger partial charge in [0.15, 0.2) is 0 Å². The van der Waals surface area contributed by atoms with Crippen LogP contribution in [0.1, 0.15) is 30.4 Å². The molecule has 5 atom stereocenters. The number of imide groups is 1. The fourth-order valence-corrected chi connectivity index (χ4v) is 6.68. The van der Waals surface area contributed by atoms with Crippen molar-refractivity contribution in [2.24, 2.45) is 17.8 Å². The molecule has 2 aromatic carbocycles. The van der Waals surface area contributed by atoms with E-state index in [0.29, 0.717) is 29.8 Å². The average molecular weight is 618 g/mol. The number of ether oxygens (including phenoxy) is 1. The van der Waals surface area contributed by atoms with E-state index in [2.05, 4.69) is 31.9 Å². The number of aryl methyl sites for hydroxylation is 2. The molecule has 0 unspecified atom stereocenters. The topological polar surface area (TPSA) is 84.0 Å². The summed E-state index contributed by atoms with van der Waals surface area (Å²) in [6.07, 6.45) is 1.30. The summed E-state index contributed by atoms with van der Waals surface area (Å²) < 4.78 is 5.62. The number of alkyl halides is 2. The van der Waals surface area contributed by atoms with Crippen LogP contribution < -0.4 is 14.5 Å². The smallest absolute Gasteiger partial charge is 0.316 e. The van der Waals surface area contributed by atoms with Crippen molar-refractivity contribution in [2.45, 2.75) is 42.8 Å². The number of nitrogens with zero attached hydrogens (tertiary/aromatic N) is 2. The lowest BCUT2D eigenvalue weighted by Gasteiger charge is -2.29. The van der Waals surface area contributed by atoms with Crippen LogP contribution in [0.5, 0.6) is 5.75 Å². The standard InChI is InChI=1S/C27H26Br2N2O5/c1-14-5-3-4-6-22(14)30-13-16(10-24(30)32)27(35)36-17-7-8-23(15(2)9-17)31-25(33)18-11-20(28)21(29)12-19(18)26(31)34/h3-9,16,18-21H,10-13H2,1-2H3/t16-,18-,19-,20-,21+/m1/s1. The Morgan fingerprint density at radius 2 is 1.53 bits per heavy atom. The first-order chi connectivity index (χ1) is 17.2. The van der Waals surface area contributed by atoms with Crippen LogP contribution in [0.25, 0.3) is 0 Å². The summed E-state index contributed by atoms with van der Waals surface area (Å²) in [5.41, 5.74) is 2.94. The molecule has 2 aromatic rings. The van der Waals surface area contributed by atoms with Gasteiger partial charge in [0, 0.05) is 28.3 Å². The van der Waals surface area contributed by atoms with E-state index < -0.39 is 11.9 Å². The molecule has 36 heavy (non-hydrogen) atoms. The van der Waals surface area contributed by atoms with Crippen LogP contribution in [0, 0.1) is 31.6 Å². The minimum atomic E-state index is -0.573. The van der Waals surface area contributed by atoms with Crippen LogP contribution in [-0.2, 0) is 19.2 Å². The van der Waals surface area contributed by atoms with Gasteiger partial charge in [-0.15, -0.1) is 0 Å². The molecular formula is C27H26Br2N2O5. The predicted octanol–water partition coefficient (Wildman–Crippen LogP) is 4.69. The number of halogens is 2.